The van der Waals surface area contributed by atoms with Gasteiger partial charge in [0, 0.05) is 17.8 Å². The molecule has 0 aromatic heterocycles. The molecule has 0 radical (unpaired) electrons. The van der Waals surface area contributed by atoms with Crippen LogP contribution in [0.1, 0.15) is 40.0 Å². The molecule has 0 rings (SSSR count). The molecule has 37 heavy (non-hydrogen) atoms. The predicted octanol–water partition coefficient (Wildman–Crippen LogP) is 9.04. The van der Waals surface area contributed by atoms with Crippen molar-refractivity contribution < 1.29 is 27.4 Å². The van der Waals surface area contributed by atoms with Gasteiger partial charge in [-0.25, -0.2) is 8.78 Å². The average Bonchev–Trinajstić information content (AvgIpc) is 2.88. The van der Waals surface area contributed by atoms with Gasteiger partial charge in [-0.05, 0) is 49.5 Å². The van der Waals surface area contributed by atoms with Gasteiger partial charge in [-0.2, -0.15) is 4.39 Å². The van der Waals surface area contributed by atoms with Gasteiger partial charge in [-0.3, -0.25) is 0 Å². The summed E-state index contributed by atoms with van der Waals surface area (Å²) in [7, 11) is 0. The van der Waals surface area contributed by atoms with Gasteiger partial charge in [-0.15, -0.1) is 6.58 Å². The highest BCUT2D eigenvalue weighted by atomic mass is 19.2. The van der Waals surface area contributed by atoms with E-state index in [4.69, 9.17) is 14.2 Å². The third kappa shape index (κ3) is 13.1. The van der Waals surface area contributed by atoms with Gasteiger partial charge < -0.3 is 14.2 Å². The number of hydrogen-bond donors (Lipinski definition) is 0. The second-order valence-corrected chi connectivity index (χ2v) is 8.39. The van der Waals surface area contributed by atoms with Crippen LogP contribution in [0.2, 0.25) is 0 Å². The van der Waals surface area contributed by atoms with E-state index >= 15 is 0 Å². The number of ether oxygens (including phenoxy) is 3. The second-order valence-electron chi connectivity index (χ2n) is 8.39. The molecule has 204 valence electrons. The van der Waals surface area contributed by atoms with E-state index in [2.05, 4.69) is 53.0 Å². The summed E-state index contributed by atoms with van der Waals surface area (Å²) in [6.45, 7) is 32.2. The van der Waals surface area contributed by atoms with Crippen LogP contribution >= 0.6 is 0 Å². The van der Waals surface area contributed by atoms with Gasteiger partial charge in [-0.1, -0.05) is 71.0 Å². The summed E-state index contributed by atoms with van der Waals surface area (Å²) in [5.41, 5.74) is 0.504. The van der Waals surface area contributed by atoms with E-state index in [1.807, 2.05) is 6.92 Å². The Bertz CT molecular complexity index is 966. The van der Waals surface area contributed by atoms with Crippen LogP contribution in [0.3, 0.4) is 0 Å². The number of hydrogen-bond acceptors (Lipinski definition) is 3. The van der Waals surface area contributed by atoms with Crippen molar-refractivity contribution in [1.29, 1.82) is 0 Å². The van der Waals surface area contributed by atoms with Crippen molar-refractivity contribution in [3.8, 4) is 0 Å². The molecule has 2 unspecified atom stereocenters. The summed E-state index contributed by atoms with van der Waals surface area (Å²) in [4.78, 5) is 0. The highest BCUT2D eigenvalue weighted by Gasteiger charge is 2.16. The molecule has 0 aliphatic rings. The SMILES string of the molecule is C=CCCOC(=C)/C(F)=C(/F)C(=C)C(=C)/C=C\C(=C)C(=C)/C=C(/F)C(=C)C(C)OCC(C)OCCCC. The largest absolute Gasteiger partial charge is 0.491 e. The van der Waals surface area contributed by atoms with Crippen molar-refractivity contribution in [2.45, 2.75) is 52.2 Å². The van der Waals surface area contributed by atoms with E-state index in [1.54, 1.807) is 13.0 Å². The lowest BCUT2D eigenvalue weighted by atomic mass is 10.0. The molecule has 0 bridgehead atoms. The maximum Gasteiger partial charge on any atom is 0.200 e. The van der Waals surface area contributed by atoms with Gasteiger partial charge in [0.05, 0.1) is 25.4 Å². The van der Waals surface area contributed by atoms with E-state index in [0.29, 0.717) is 25.2 Å². The van der Waals surface area contributed by atoms with E-state index in [-0.39, 0.29) is 35.0 Å². The Hall–Kier alpha value is -3.09. The molecule has 6 heteroatoms. The van der Waals surface area contributed by atoms with Crippen molar-refractivity contribution in [1.82, 2.24) is 0 Å². The zero-order valence-corrected chi connectivity index (χ0v) is 22.5. The Labute approximate surface area is 221 Å². The molecule has 0 spiro atoms. The number of rotatable bonds is 20. The summed E-state index contributed by atoms with van der Waals surface area (Å²) in [6.07, 6.45) is 7.34. The van der Waals surface area contributed by atoms with E-state index in [1.165, 1.54) is 18.2 Å². The van der Waals surface area contributed by atoms with Gasteiger partial charge in [0.25, 0.3) is 0 Å². The van der Waals surface area contributed by atoms with Gasteiger partial charge in [0.1, 0.15) is 5.83 Å². The third-order valence-electron chi connectivity index (χ3n) is 5.17. The molecule has 0 saturated heterocycles. The summed E-state index contributed by atoms with van der Waals surface area (Å²) in [6, 6.07) is 0. The van der Waals surface area contributed by atoms with E-state index in [9.17, 15) is 13.2 Å². The smallest absolute Gasteiger partial charge is 0.200 e. The first-order chi connectivity index (χ1) is 17.4. The first-order valence-electron chi connectivity index (χ1n) is 12.1. The molecule has 0 aromatic carbocycles. The zero-order valence-electron chi connectivity index (χ0n) is 22.5. The Morgan fingerprint density at radius 3 is 2.05 bits per heavy atom. The fraction of sp³-hybridized carbons (Fsp3) is 0.355. The maximum absolute atomic E-state index is 14.7. The maximum atomic E-state index is 14.7. The minimum absolute atomic E-state index is 0.0756. The first kappa shape index (κ1) is 33.9. The monoisotopic (exact) mass is 518 g/mol. The van der Waals surface area contributed by atoms with Crippen molar-refractivity contribution >= 4 is 0 Å². The third-order valence-corrected chi connectivity index (χ3v) is 5.17. The topological polar surface area (TPSA) is 27.7 Å². The number of unbranched alkanes of at least 4 members (excludes halogenated alkanes) is 1. The number of allylic oxidation sites excluding steroid dienone is 9. The standard InChI is InChI=1S/C31H41F3O3/c1-11-13-17-35-24(6)20-37-27(9)26(8)29(32)19-23(5)21(3)15-16-22(4)25(7)30(33)31(34)28(10)36-18-14-12-2/h12,15-16,19,24,27H,2-5,7-8,10-11,13-14,17-18,20H2,1,6,9H3/b16-15-,29-19+,31-30-. The van der Waals surface area contributed by atoms with Crippen molar-refractivity contribution in [3.63, 3.8) is 0 Å². The Kier molecular flexibility index (Phi) is 16.7. The average molecular weight is 519 g/mol. The Balaban J connectivity index is 5.01. The normalized spacial score (nSPS) is 13.9. The van der Waals surface area contributed by atoms with Crippen LogP contribution in [0.25, 0.3) is 0 Å². The molecule has 0 saturated carbocycles. The van der Waals surface area contributed by atoms with Crippen LogP contribution in [0.15, 0.2) is 121 Å². The molecule has 0 N–H and O–H groups in total. The minimum Gasteiger partial charge on any atom is -0.491 e. The van der Waals surface area contributed by atoms with E-state index < -0.39 is 29.3 Å². The lowest BCUT2D eigenvalue weighted by Crippen LogP contribution is -2.22. The van der Waals surface area contributed by atoms with Crippen molar-refractivity contribution in [2.24, 2.45) is 0 Å². The molecule has 3 nitrogen and oxygen atoms in total. The van der Waals surface area contributed by atoms with Crippen LogP contribution < -0.4 is 0 Å². The molecule has 0 aliphatic carbocycles. The quantitative estimate of drug-likeness (QED) is 0.0696. The Morgan fingerprint density at radius 1 is 0.838 bits per heavy atom. The van der Waals surface area contributed by atoms with Crippen LogP contribution in [-0.2, 0) is 14.2 Å². The summed E-state index contributed by atoms with van der Waals surface area (Å²) < 4.78 is 59.7. The van der Waals surface area contributed by atoms with Crippen molar-refractivity contribution in [3.05, 3.63) is 121 Å². The Morgan fingerprint density at radius 2 is 1.46 bits per heavy atom. The molecular formula is C31H41F3O3. The van der Waals surface area contributed by atoms with Gasteiger partial charge >= 0.3 is 0 Å². The lowest BCUT2D eigenvalue weighted by Gasteiger charge is -2.19. The summed E-state index contributed by atoms with van der Waals surface area (Å²) in [5, 5.41) is 0. The summed E-state index contributed by atoms with van der Waals surface area (Å²) in [5.74, 6) is -3.58. The summed E-state index contributed by atoms with van der Waals surface area (Å²) >= 11 is 0. The van der Waals surface area contributed by atoms with Crippen molar-refractivity contribution in [2.75, 3.05) is 19.8 Å². The zero-order chi connectivity index (χ0) is 28.5. The molecule has 0 aromatic rings. The molecule has 0 fully saturated rings. The first-order valence-corrected chi connectivity index (χ1v) is 12.1. The lowest BCUT2D eigenvalue weighted by molar-refractivity contribution is -0.0226. The molecule has 0 aliphatic heterocycles. The van der Waals surface area contributed by atoms with Crippen LogP contribution in [0.5, 0.6) is 0 Å². The highest BCUT2D eigenvalue weighted by molar-refractivity contribution is 5.52. The fourth-order valence-electron chi connectivity index (χ4n) is 2.52. The van der Waals surface area contributed by atoms with Crippen LogP contribution in [-0.4, -0.2) is 32.0 Å². The minimum atomic E-state index is -1.27. The van der Waals surface area contributed by atoms with Crippen LogP contribution in [0.4, 0.5) is 13.2 Å². The fourth-order valence-corrected chi connectivity index (χ4v) is 2.52. The van der Waals surface area contributed by atoms with Gasteiger partial charge in [0.2, 0.25) is 5.83 Å². The highest BCUT2D eigenvalue weighted by Crippen LogP contribution is 2.28. The molecule has 2 atom stereocenters. The molecule has 0 amide bonds. The molecule has 0 heterocycles. The number of halogens is 3. The van der Waals surface area contributed by atoms with E-state index in [0.717, 1.165) is 12.8 Å². The van der Waals surface area contributed by atoms with Gasteiger partial charge in [0.15, 0.2) is 11.6 Å². The molecular weight excluding hydrogens is 477 g/mol. The van der Waals surface area contributed by atoms with Crippen LogP contribution in [0, 0.1) is 0 Å². The predicted molar refractivity (Wildman–Crippen MR) is 149 cm³/mol. The second kappa shape index (κ2) is 18.2.